The van der Waals surface area contributed by atoms with Crippen LogP contribution in [0.1, 0.15) is 173 Å². The van der Waals surface area contributed by atoms with E-state index in [0.29, 0.717) is 56.9 Å². The van der Waals surface area contributed by atoms with Gasteiger partial charge in [0.25, 0.3) is 11.7 Å². The molecule has 1 amide bonds. The lowest BCUT2D eigenvalue weighted by Gasteiger charge is -2.44. The molecule has 0 aromatic rings. The number of fused-ring (bicyclic) bond motifs is 3. The maximum Gasteiger partial charge on any atom is 0.293 e. The molecule has 0 aromatic heterocycles. The summed E-state index contributed by atoms with van der Waals surface area (Å²) >= 11 is 0. The Kier molecular flexibility index (Phi) is 22.5. The summed E-state index contributed by atoms with van der Waals surface area (Å²) in [6, 6.07) is -0.743. The molecule has 3 heterocycles. The van der Waals surface area contributed by atoms with Crippen molar-refractivity contribution in [1.82, 2.24) is 4.90 Å². The van der Waals surface area contributed by atoms with Crippen molar-refractivity contribution in [2.45, 2.75) is 227 Å². The van der Waals surface area contributed by atoms with Gasteiger partial charge in [-0.15, -0.1) is 0 Å². The van der Waals surface area contributed by atoms with Crippen LogP contribution in [0.25, 0.3) is 0 Å². The van der Waals surface area contributed by atoms with Crippen LogP contribution in [-0.4, -0.2) is 99.1 Å². The molecule has 3 fully saturated rings. The second-order valence-corrected chi connectivity index (χ2v) is 29.1. The van der Waals surface area contributed by atoms with E-state index in [1.165, 1.54) is 0 Å². The standard InChI is InChI=1S/C59H97NO9Si/c1-38-22-18-17-19-23-39(2)54(66-13)37-48-28-26-44(7)59(12,68-48)56(64)57(65)60-31-21-20-24-49(60)52(63)36-47(35-51(62)42(5)32-40(3)45(8)55(67-14)50(61)29-25-38)41(4)33-46-27-30-53(43(6)34-46)69-70(15,16)58(9,10)11/h17-19,22-23,32,38,41-49,53-55H,20-21,24-31,33-37H2,1-16H3/b19-17+,22-18+,39-23+,40-32+/t38-,41-,42-,43-,44-,45-,46+,47-,48+,49+,53-,54+,55-,59?/m1/s1. The summed E-state index contributed by atoms with van der Waals surface area (Å²) in [6.07, 6.45) is 20.4. The highest BCUT2D eigenvalue weighted by molar-refractivity contribution is 6.74. The van der Waals surface area contributed by atoms with Crippen LogP contribution >= 0.6 is 0 Å². The second kappa shape index (κ2) is 26.4. The van der Waals surface area contributed by atoms with Crippen LogP contribution in [0.3, 0.4) is 0 Å². The summed E-state index contributed by atoms with van der Waals surface area (Å²) in [5.41, 5.74) is 0.578. The molecule has 1 aliphatic carbocycles. The van der Waals surface area contributed by atoms with E-state index in [1.807, 2.05) is 65.0 Å². The molecule has 0 radical (unpaired) electrons. The average molecular weight is 993 g/mol. The first-order chi connectivity index (χ1) is 32.7. The first-order valence-corrected chi connectivity index (χ1v) is 30.2. The predicted octanol–water partition coefficient (Wildman–Crippen LogP) is 12.6. The van der Waals surface area contributed by atoms with E-state index < -0.39 is 43.7 Å². The number of carbonyl (C=O) groups excluding carboxylic acids is 5. The maximum absolute atomic E-state index is 14.9. The van der Waals surface area contributed by atoms with E-state index in [0.717, 1.165) is 49.7 Å². The number of ether oxygens (including phenoxy) is 3. The molecule has 2 bridgehead atoms. The number of ketones is 4. The Morgan fingerprint density at radius 1 is 0.814 bits per heavy atom. The van der Waals surface area contributed by atoms with Gasteiger partial charge in [0.05, 0.1) is 18.2 Å². The molecule has 0 spiro atoms. The van der Waals surface area contributed by atoms with Crippen LogP contribution in [0.15, 0.2) is 47.6 Å². The highest BCUT2D eigenvalue weighted by atomic mass is 28.4. The molecule has 0 N–H and O–H groups in total. The fourth-order valence-corrected chi connectivity index (χ4v) is 12.9. The predicted molar refractivity (Wildman–Crippen MR) is 285 cm³/mol. The van der Waals surface area contributed by atoms with Crippen LogP contribution in [-0.2, 0) is 42.6 Å². The molecular weight excluding hydrogens is 895 g/mol. The van der Waals surface area contributed by atoms with Crippen molar-refractivity contribution < 1.29 is 42.6 Å². The minimum absolute atomic E-state index is 0.0432. The lowest BCUT2D eigenvalue weighted by atomic mass is 9.72. The Balaban J connectivity index is 1.67. The zero-order valence-electron chi connectivity index (χ0n) is 46.7. The van der Waals surface area contributed by atoms with E-state index in [9.17, 15) is 24.0 Å². The molecule has 11 heteroatoms. The number of nitrogens with zero attached hydrogens (tertiary/aromatic N) is 1. The second-order valence-electron chi connectivity index (χ2n) is 24.3. The number of hydrogen-bond acceptors (Lipinski definition) is 9. The molecule has 1 saturated carbocycles. The van der Waals surface area contributed by atoms with Crippen molar-refractivity contribution in [2.24, 2.45) is 47.3 Å². The van der Waals surface area contributed by atoms with Gasteiger partial charge in [-0.3, -0.25) is 24.0 Å². The maximum atomic E-state index is 14.9. The number of hydrogen-bond donors (Lipinski definition) is 0. The summed E-state index contributed by atoms with van der Waals surface area (Å²) in [7, 11) is 1.32. The third-order valence-electron chi connectivity index (χ3n) is 17.8. The van der Waals surface area contributed by atoms with E-state index in [-0.39, 0.29) is 83.1 Å². The topological polar surface area (TPSA) is 126 Å². The van der Waals surface area contributed by atoms with Crippen LogP contribution < -0.4 is 0 Å². The fraction of sp³-hybridized carbons (Fsp3) is 0.780. The van der Waals surface area contributed by atoms with Gasteiger partial charge < -0.3 is 23.5 Å². The Morgan fingerprint density at radius 3 is 2.14 bits per heavy atom. The number of piperidine rings is 1. The summed E-state index contributed by atoms with van der Waals surface area (Å²) < 4.78 is 25.4. The van der Waals surface area contributed by atoms with E-state index in [1.54, 1.807) is 26.0 Å². The van der Waals surface area contributed by atoms with Gasteiger partial charge in [0.1, 0.15) is 17.5 Å². The normalized spacial score (nSPS) is 37.9. The van der Waals surface area contributed by atoms with Gasteiger partial charge in [-0.1, -0.05) is 104 Å². The highest BCUT2D eigenvalue weighted by Gasteiger charge is 2.51. The van der Waals surface area contributed by atoms with Gasteiger partial charge in [0, 0.05) is 64.4 Å². The van der Waals surface area contributed by atoms with Crippen LogP contribution in [0.4, 0.5) is 0 Å². The number of amides is 1. The SMILES string of the molecule is CO[C@H]1C[C@@H]2CC[C@@H](C)C(C)(O2)C(=O)C(=O)N2CCCC[C@H]2C(=O)C[C@H]([C@H](C)C[C@@H]2CC[C@@H](O[Si](C)(C)C(C)(C)C)[C@H](C)C2)CC(=O)[C@H](C)/C=C(\C)[C@@H](C)[C@@H](OC)C(=O)CC[C@H](C)/C=C/C=C/C=C/1C. The molecule has 10 nitrogen and oxygen atoms in total. The average Bonchev–Trinajstić information content (AvgIpc) is 3.30. The fourth-order valence-electron chi connectivity index (χ4n) is 11.4. The van der Waals surface area contributed by atoms with Gasteiger partial charge >= 0.3 is 0 Å². The van der Waals surface area contributed by atoms with Crippen molar-refractivity contribution in [1.29, 1.82) is 0 Å². The highest BCUT2D eigenvalue weighted by Crippen LogP contribution is 2.44. The quantitative estimate of drug-likeness (QED) is 0.139. The number of rotatable bonds is 7. The molecule has 3 aliphatic heterocycles. The van der Waals surface area contributed by atoms with Crippen molar-refractivity contribution >= 4 is 37.4 Å². The van der Waals surface area contributed by atoms with Crippen molar-refractivity contribution in [3.63, 3.8) is 0 Å². The van der Waals surface area contributed by atoms with E-state index in [4.69, 9.17) is 18.6 Å². The van der Waals surface area contributed by atoms with Gasteiger partial charge in [0.15, 0.2) is 19.9 Å². The number of methoxy groups -OCH3 is 2. The van der Waals surface area contributed by atoms with Crippen molar-refractivity contribution in [2.75, 3.05) is 20.8 Å². The third-order valence-corrected chi connectivity index (χ3v) is 22.3. The number of carbonyl (C=O) groups is 5. The van der Waals surface area contributed by atoms with E-state index >= 15 is 0 Å². The molecule has 4 rings (SSSR count). The first kappa shape index (κ1) is 59.7. The van der Waals surface area contributed by atoms with Gasteiger partial charge in [-0.25, -0.2) is 0 Å². The largest absolute Gasteiger partial charge is 0.414 e. The lowest BCUT2D eigenvalue weighted by Crippen LogP contribution is -2.59. The summed E-state index contributed by atoms with van der Waals surface area (Å²) in [5.74, 6) is -1.28. The van der Waals surface area contributed by atoms with Crippen molar-refractivity contribution in [3.8, 4) is 0 Å². The molecule has 396 valence electrons. The van der Waals surface area contributed by atoms with Crippen molar-refractivity contribution in [3.05, 3.63) is 47.6 Å². The van der Waals surface area contributed by atoms with Crippen LogP contribution in [0.2, 0.25) is 18.1 Å². The van der Waals surface area contributed by atoms with E-state index in [2.05, 4.69) is 60.7 Å². The molecule has 4 aliphatic rings. The first-order valence-electron chi connectivity index (χ1n) is 27.3. The molecule has 0 aromatic carbocycles. The Hall–Kier alpha value is -2.83. The smallest absolute Gasteiger partial charge is 0.293 e. The Morgan fingerprint density at radius 2 is 1.50 bits per heavy atom. The zero-order chi connectivity index (χ0) is 52.3. The van der Waals surface area contributed by atoms with Gasteiger partial charge in [-0.05, 0) is 144 Å². The summed E-state index contributed by atoms with van der Waals surface area (Å²) in [5, 5.41) is 0.134. The molecule has 14 atom stereocenters. The molecule has 2 saturated heterocycles. The molecular formula is C59H97NO9Si. The summed E-state index contributed by atoms with van der Waals surface area (Å²) in [4.78, 5) is 73.7. The number of Topliss-reactive ketones (excluding diaryl/α,β-unsaturated/α-hetero) is 4. The van der Waals surface area contributed by atoms with Crippen LogP contribution in [0.5, 0.6) is 0 Å². The Labute approximate surface area is 426 Å². The molecule has 1 unspecified atom stereocenters. The minimum atomic E-state index is -1.94. The monoisotopic (exact) mass is 992 g/mol. The minimum Gasteiger partial charge on any atom is -0.414 e. The lowest BCUT2D eigenvalue weighted by molar-refractivity contribution is -0.183. The Bertz CT molecular complexity index is 1910. The van der Waals surface area contributed by atoms with Gasteiger partial charge in [0.2, 0.25) is 0 Å². The zero-order valence-corrected chi connectivity index (χ0v) is 47.7. The van der Waals surface area contributed by atoms with Gasteiger partial charge in [-0.2, -0.15) is 0 Å². The summed E-state index contributed by atoms with van der Waals surface area (Å²) in [6.45, 7) is 30.1. The number of allylic oxidation sites excluding steroid dienone is 6. The van der Waals surface area contributed by atoms with Crippen LogP contribution in [0, 0.1) is 47.3 Å². The molecule has 70 heavy (non-hydrogen) atoms. The third kappa shape index (κ3) is 15.8.